The predicted molar refractivity (Wildman–Crippen MR) is 16.9 cm³/mol. The molecule has 0 heterocycles. The van der Waals surface area contributed by atoms with Crippen molar-refractivity contribution in [3.05, 3.63) is 0 Å². The molecule has 26 valence electrons. The van der Waals surface area contributed by atoms with Crippen molar-refractivity contribution in [1.29, 1.82) is 0 Å². The molecule has 5 heteroatoms. The molecule has 0 N–H and O–H groups in total. The average molecular weight is 138 g/mol. The summed E-state index contributed by atoms with van der Waals surface area (Å²) in [6.07, 6.45) is -2.33. The second-order valence-corrected chi connectivity index (χ2v) is 0.250. The van der Waals surface area contributed by atoms with Gasteiger partial charge >= 0.3 is 0 Å². The molecule has 0 aromatic heterocycles. The van der Waals surface area contributed by atoms with E-state index in [9.17, 15) is 0 Å². The van der Waals surface area contributed by atoms with Crippen LogP contribution in [0.15, 0.2) is 0 Å². The molecule has 0 aromatic carbocycles. The summed E-state index contributed by atoms with van der Waals surface area (Å²) in [5, 5.41) is 16.7. The smallest absolute Gasteiger partial charge is 0 e. The van der Waals surface area contributed by atoms with Crippen LogP contribution < -0.4 is 10.2 Å². The number of hydrogen-bond acceptors (Lipinski definition) is 3. The Morgan fingerprint density at radius 3 is 1.17 bits per heavy atom. The van der Waals surface area contributed by atoms with E-state index in [0.717, 1.165) is 0 Å². The van der Waals surface area contributed by atoms with Crippen LogP contribution in [0, 0.1) is 0 Å². The van der Waals surface area contributed by atoms with Gasteiger partial charge < -0.3 is 15.0 Å². The fourth-order valence-corrected chi connectivity index (χ4v) is 0. The van der Waals surface area contributed by atoms with Gasteiger partial charge in [0.05, 0.1) is 0 Å². The molecule has 0 aliphatic heterocycles. The third-order valence-electron chi connectivity index (χ3n) is 0. The summed E-state index contributed by atoms with van der Waals surface area (Å²) in [4.78, 5) is 8.33. The van der Waals surface area contributed by atoms with E-state index in [1.165, 1.54) is 0 Å². The first-order valence-corrected chi connectivity index (χ1v) is 0.612. The standard InChI is InChI=1S/CH2O3.2K/c2-1(3)4;;/h(H2,2,3,4);;/p-2. The van der Waals surface area contributed by atoms with E-state index < -0.39 is 6.16 Å². The Bertz CT molecular complexity index is 31.8. The van der Waals surface area contributed by atoms with E-state index in [1.54, 1.807) is 0 Å². The van der Waals surface area contributed by atoms with Crippen LogP contribution in [0.5, 0.6) is 0 Å². The molecule has 0 aliphatic rings. The summed E-state index contributed by atoms with van der Waals surface area (Å²) >= 11 is 0. The zero-order valence-corrected chi connectivity index (χ0v) is 9.97. The zero-order chi connectivity index (χ0) is 3.58. The minimum atomic E-state index is -2.33. The molecule has 0 fully saturated rings. The quantitative estimate of drug-likeness (QED) is 0.331. The molecule has 0 saturated heterocycles. The van der Waals surface area contributed by atoms with E-state index in [4.69, 9.17) is 15.0 Å². The van der Waals surface area contributed by atoms with Crippen LogP contribution >= 0.6 is 0 Å². The molecule has 0 unspecified atom stereocenters. The Kier molecular flexibility index (Phi) is 27.7. The van der Waals surface area contributed by atoms with Gasteiger partial charge in [0.25, 0.3) is 0 Å². The molecule has 3 nitrogen and oxygen atoms in total. The summed E-state index contributed by atoms with van der Waals surface area (Å²) in [5.74, 6) is 0. The number of carbonyl (C=O) groups is 1. The molecule has 0 atom stereocenters. The van der Waals surface area contributed by atoms with Crippen LogP contribution in [-0.4, -0.2) is 109 Å². The van der Waals surface area contributed by atoms with Crippen molar-refractivity contribution in [3.63, 3.8) is 0 Å². The van der Waals surface area contributed by atoms with E-state index in [0.29, 0.717) is 0 Å². The van der Waals surface area contributed by atoms with Crippen LogP contribution in [0.2, 0.25) is 0 Å². The molecule has 0 spiro atoms. The van der Waals surface area contributed by atoms with Crippen molar-refractivity contribution >= 4 is 109 Å². The van der Waals surface area contributed by atoms with Crippen molar-refractivity contribution in [1.82, 2.24) is 0 Å². The van der Waals surface area contributed by atoms with E-state index in [-0.39, 0.29) is 103 Å². The largest absolute Gasteiger partial charge is 0.652 e. The second-order valence-electron chi connectivity index (χ2n) is 0.250. The second kappa shape index (κ2) is 10.5. The molecule has 0 aromatic rings. The maximum Gasteiger partial charge on any atom is 0 e. The number of rotatable bonds is 0. The molecule has 2 radical (unpaired) electrons. The Labute approximate surface area is 120 Å². The maximum atomic E-state index is 8.33. The molecule has 0 saturated carbocycles. The minimum absolute atomic E-state index is 0. The van der Waals surface area contributed by atoms with Gasteiger partial charge in [0.2, 0.25) is 0 Å². The summed E-state index contributed by atoms with van der Waals surface area (Å²) in [6.45, 7) is 0. The van der Waals surface area contributed by atoms with Gasteiger partial charge in [-0.3, -0.25) is 0 Å². The van der Waals surface area contributed by atoms with E-state index in [2.05, 4.69) is 0 Å². The van der Waals surface area contributed by atoms with Crippen molar-refractivity contribution in [3.8, 4) is 0 Å². The van der Waals surface area contributed by atoms with Gasteiger partial charge in [0, 0.05) is 103 Å². The Morgan fingerprint density at radius 1 is 1.17 bits per heavy atom. The first-order valence-electron chi connectivity index (χ1n) is 0.612. The first kappa shape index (κ1) is 15.8. The van der Waals surface area contributed by atoms with Crippen molar-refractivity contribution < 1.29 is 15.0 Å². The summed E-state index contributed by atoms with van der Waals surface area (Å²) in [5.41, 5.74) is 0. The van der Waals surface area contributed by atoms with E-state index >= 15 is 0 Å². The van der Waals surface area contributed by atoms with Gasteiger partial charge in [-0.2, -0.15) is 0 Å². The van der Waals surface area contributed by atoms with Crippen LogP contribution in [0.3, 0.4) is 0 Å². The van der Waals surface area contributed by atoms with Crippen molar-refractivity contribution in [2.75, 3.05) is 0 Å². The Morgan fingerprint density at radius 2 is 1.17 bits per heavy atom. The normalized spacial score (nSPS) is 4.00. The third kappa shape index (κ3) is 31.1. The summed E-state index contributed by atoms with van der Waals surface area (Å²) in [7, 11) is 0. The Balaban J connectivity index is -0.0000000450. The first-order chi connectivity index (χ1) is 1.73. The number of carbonyl (C=O) groups excluding carboxylic acids is 1. The van der Waals surface area contributed by atoms with Crippen molar-refractivity contribution in [2.45, 2.75) is 0 Å². The van der Waals surface area contributed by atoms with Gasteiger partial charge in [-0.05, 0) is 6.16 Å². The summed E-state index contributed by atoms with van der Waals surface area (Å²) < 4.78 is 0. The zero-order valence-electron chi connectivity index (χ0n) is 3.72. The summed E-state index contributed by atoms with van der Waals surface area (Å²) in [6, 6.07) is 0. The minimum Gasteiger partial charge on any atom is -0.652 e. The topological polar surface area (TPSA) is 63.2 Å². The van der Waals surface area contributed by atoms with Crippen LogP contribution in [0.4, 0.5) is 4.79 Å². The van der Waals surface area contributed by atoms with Crippen LogP contribution in [0.1, 0.15) is 0 Å². The maximum absolute atomic E-state index is 8.33. The number of hydrogen-bond donors (Lipinski definition) is 0. The SMILES string of the molecule is O=C([O-])[O-].[K].[K]. The Hall–Kier alpha value is 2.54. The average Bonchev–Trinajstić information content (AvgIpc) is 0.811. The van der Waals surface area contributed by atoms with Crippen LogP contribution in [0.25, 0.3) is 0 Å². The predicted octanol–water partition coefficient (Wildman–Crippen LogP) is -3.21. The monoisotopic (exact) mass is 138 g/mol. The third-order valence-corrected chi connectivity index (χ3v) is 0. The molecular formula is CK2O3-2. The molecule has 6 heavy (non-hydrogen) atoms. The molecule has 0 aliphatic carbocycles. The van der Waals surface area contributed by atoms with Gasteiger partial charge in [-0.25, -0.2) is 0 Å². The molecule has 0 bridgehead atoms. The van der Waals surface area contributed by atoms with Gasteiger partial charge in [0.1, 0.15) is 0 Å². The molecule has 0 rings (SSSR count). The van der Waals surface area contributed by atoms with Gasteiger partial charge in [0.15, 0.2) is 0 Å². The van der Waals surface area contributed by atoms with E-state index in [1.807, 2.05) is 0 Å². The van der Waals surface area contributed by atoms with Crippen LogP contribution in [-0.2, 0) is 0 Å². The number of carboxylic acid groups (broad SMARTS) is 2. The fourth-order valence-electron chi connectivity index (χ4n) is 0. The van der Waals surface area contributed by atoms with Gasteiger partial charge in [-0.15, -0.1) is 0 Å². The molecular weight excluding hydrogens is 138 g/mol. The van der Waals surface area contributed by atoms with Gasteiger partial charge in [-0.1, -0.05) is 0 Å². The molecule has 0 amide bonds. The van der Waals surface area contributed by atoms with Crippen molar-refractivity contribution in [2.24, 2.45) is 0 Å². The fraction of sp³-hybridized carbons (Fsp3) is 0.